The second-order valence-electron chi connectivity index (χ2n) is 7.98. The molecule has 0 radical (unpaired) electrons. The van der Waals surface area contributed by atoms with Gasteiger partial charge in [-0.1, -0.05) is 28.9 Å². The lowest BCUT2D eigenvalue weighted by Crippen LogP contribution is -2.42. The number of hydrogen-bond acceptors (Lipinski definition) is 6. The Balaban J connectivity index is 1.48. The number of hydrogen-bond donors (Lipinski definition) is 2. The zero-order valence-electron chi connectivity index (χ0n) is 16.9. The molecule has 1 fully saturated rings. The molecule has 10 heteroatoms. The second-order valence-corrected chi connectivity index (χ2v) is 8.42. The molecule has 2 amide bonds. The normalized spacial score (nSPS) is 18.0. The van der Waals surface area contributed by atoms with Gasteiger partial charge in [0, 0.05) is 17.5 Å². The van der Waals surface area contributed by atoms with Gasteiger partial charge in [0.05, 0.1) is 11.6 Å². The largest absolute Gasteiger partial charge is 0.491 e. The van der Waals surface area contributed by atoms with Gasteiger partial charge in [0.2, 0.25) is 23.5 Å². The molecule has 1 unspecified atom stereocenters. The number of aromatic nitrogens is 2. The molecule has 1 aliphatic heterocycles. The number of carbonyl (C=O) groups is 2. The summed E-state index contributed by atoms with van der Waals surface area (Å²) in [6, 6.07) is 7.69. The Bertz CT molecular complexity index is 1270. The van der Waals surface area contributed by atoms with Crippen LogP contribution in [-0.4, -0.2) is 28.6 Å². The van der Waals surface area contributed by atoms with Crippen LogP contribution in [0, 0.1) is 18.2 Å². The summed E-state index contributed by atoms with van der Waals surface area (Å²) in [6.07, 6.45) is 0.901. The van der Waals surface area contributed by atoms with Crippen molar-refractivity contribution in [3.05, 3.63) is 52.6 Å². The summed E-state index contributed by atoms with van der Waals surface area (Å²) in [6.45, 7) is 1.83. The molecule has 1 aliphatic carbocycles. The van der Waals surface area contributed by atoms with Crippen molar-refractivity contribution >= 4 is 23.4 Å². The topological polar surface area (TPSA) is 120 Å². The first-order chi connectivity index (χ1) is 15.3. The van der Waals surface area contributed by atoms with Gasteiger partial charge in [-0.2, -0.15) is 4.98 Å². The van der Waals surface area contributed by atoms with E-state index in [0.717, 1.165) is 5.56 Å². The summed E-state index contributed by atoms with van der Waals surface area (Å²) in [5.41, 5.74) is 6.29. The van der Waals surface area contributed by atoms with Crippen LogP contribution in [0.15, 0.2) is 34.9 Å². The minimum Gasteiger partial charge on any atom is -0.491 e. The molecule has 3 aromatic rings. The van der Waals surface area contributed by atoms with Crippen LogP contribution < -0.4 is 15.8 Å². The third-order valence-electron chi connectivity index (χ3n) is 5.87. The number of halogens is 2. The van der Waals surface area contributed by atoms with E-state index in [2.05, 4.69) is 15.5 Å². The van der Waals surface area contributed by atoms with Crippen LogP contribution in [0.4, 0.5) is 4.39 Å². The van der Waals surface area contributed by atoms with E-state index in [4.69, 9.17) is 26.6 Å². The number of amides is 2. The third kappa shape index (κ3) is 3.29. The third-order valence-corrected chi connectivity index (χ3v) is 6.09. The quantitative estimate of drug-likeness (QED) is 0.568. The molecule has 8 nitrogen and oxygen atoms in total. The summed E-state index contributed by atoms with van der Waals surface area (Å²) in [5.74, 6) is -0.632. The zero-order valence-corrected chi connectivity index (χ0v) is 17.7. The lowest BCUT2D eigenvalue weighted by atomic mass is 9.96. The monoisotopic (exact) mass is 456 g/mol. The standard InChI is InChI=1S/C22H18ClFN4O4/c1-10-26-19(28-32-10)18-14(7-12(23)8-15(18)24)11-2-3-13-16(9-31-17(13)6-11)27-21(30)22(4-5-22)20(25)29/h2-3,6-8,16H,4-5,9H2,1H3,(H2,25,29)(H,27,30). The van der Waals surface area contributed by atoms with Gasteiger partial charge >= 0.3 is 0 Å². The van der Waals surface area contributed by atoms with Crippen molar-refractivity contribution in [1.82, 2.24) is 15.5 Å². The molecule has 0 spiro atoms. The average Bonchev–Trinajstić information content (AvgIpc) is 3.33. The smallest absolute Gasteiger partial charge is 0.236 e. The van der Waals surface area contributed by atoms with Crippen LogP contribution in [0.2, 0.25) is 5.02 Å². The number of nitrogens with two attached hydrogens (primary N) is 1. The number of carbonyl (C=O) groups excluding carboxylic acids is 2. The highest BCUT2D eigenvalue weighted by molar-refractivity contribution is 6.31. The Morgan fingerprint density at radius 1 is 1.28 bits per heavy atom. The summed E-state index contributed by atoms with van der Waals surface area (Å²) in [4.78, 5) is 28.3. The first kappa shape index (κ1) is 20.4. The number of aryl methyl sites for hydroxylation is 1. The SMILES string of the molecule is Cc1nc(-c2c(F)cc(Cl)cc2-c2ccc3c(c2)OCC3NC(=O)C2(C(N)=O)CC2)no1. The Morgan fingerprint density at radius 2 is 2.06 bits per heavy atom. The predicted octanol–water partition coefficient (Wildman–Crippen LogP) is 3.32. The fraction of sp³-hybridized carbons (Fsp3) is 0.273. The number of rotatable bonds is 5. The van der Waals surface area contributed by atoms with Crippen LogP contribution in [0.3, 0.4) is 0 Å². The molecule has 2 aliphatic rings. The fourth-order valence-corrected chi connectivity index (χ4v) is 4.14. The van der Waals surface area contributed by atoms with Crippen molar-refractivity contribution < 1.29 is 23.2 Å². The van der Waals surface area contributed by atoms with Gasteiger partial charge in [-0.3, -0.25) is 9.59 Å². The molecule has 2 aromatic carbocycles. The van der Waals surface area contributed by atoms with Gasteiger partial charge < -0.3 is 20.3 Å². The van der Waals surface area contributed by atoms with Gasteiger partial charge in [0.15, 0.2) is 0 Å². The molecule has 1 saturated carbocycles. The summed E-state index contributed by atoms with van der Waals surface area (Å²) in [5, 5.41) is 6.91. The van der Waals surface area contributed by atoms with E-state index in [1.165, 1.54) is 6.07 Å². The molecule has 3 N–H and O–H groups in total. The molecule has 5 rings (SSSR count). The molecule has 164 valence electrons. The highest BCUT2D eigenvalue weighted by Gasteiger charge is 2.56. The maximum atomic E-state index is 14.8. The van der Waals surface area contributed by atoms with E-state index in [9.17, 15) is 14.0 Å². The van der Waals surface area contributed by atoms with Gasteiger partial charge in [0.1, 0.15) is 23.6 Å². The minimum absolute atomic E-state index is 0.111. The molecule has 32 heavy (non-hydrogen) atoms. The van der Waals surface area contributed by atoms with E-state index in [1.807, 2.05) is 0 Å². The van der Waals surface area contributed by atoms with Crippen LogP contribution in [0.1, 0.15) is 30.3 Å². The summed E-state index contributed by atoms with van der Waals surface area (Å²) >= 11 is 6.12. The van der Waals surface area contributed by atoms with Crippen LogP contribution >= 0.6 is 11.6 Å². The van der Waals surface area contributed by atoms with Crippen LogP contribution in [-0.2, 0) is 9.59 Å². The van der Waals surface area contributed by atoms with Crippen molar-refractivity contribution in [1.29, 1.82) is 0 Å². The number of ether oxygens (including phenoxy) is 1. The van der Waals surface area contributed by atoms with Crippen molar-refractivity contribution in [2.75, 3.05) is 6.61 Å². The molecule has 2 heterocycles. The first-order valence-electron chi connectivity index (χ1n) is 9.96. The van der Waals surface area contributed by atoms with Crippen molar-refractivity contribution in [2.45, 2.75) is 25.8 Å². The minimum atomic E-state index is -1.11. The van der Waals surface area contributed by atoms with Gasteiger partial charge in [-0.05, 0) is 42.2 Å². The van der Waals surface area contributed by atoms with Crippen LogP contribution in [0.25, 0.3) is 22.5 Å². The Hall–Kier alpha value is -3.46. The summed E-state index contributed by atoms with van der Waals surface area (Å²) < 4.78 is 25.6. The van der Waals surface area contributed by atoms with E-state index in [1.54, 1.807) is 31.2 Å². The number of benzene rings is 2. The summed E-state index contributed by atoms with van der Waals surface area (Å²) in [7, 11) is 0. The van der Waals surface area contributed by atoms with Crippen molar-refractivity contribution in [3.63, 3.8) is 0 Å². The molecular weight excluding hydrogens is 439 g/mol. The highest BCUT2D eigenvalue weighted by Crippen LogP contribution is 2.47. The Morgan fingerprint density at radius 3 is 2.72 bits per heavy atom. The number of fused-ring (bicyclic) bond motifs is 1. The van der Waals surface area contributed by atoms with E-state index in [-0.39, 0.29) is 28.9 Å². The van der Waals surface area contributed by atoms with Gasteiger partial charge in [-0.25, -0.2) is 4.39 Å². The molecule has 1 atom stereocenters. The number of nitrogens with one attached hydrogen (secondary N) is 1. The van der Waals surface area contributed by atoms with Crippen molar-refractivity contribution in [3.8, 4) is 28.3 Å². The Kier molecular flexibility index (Phi) is 4.67. The molecule has 0 saturated heterocycles. The van der Waals surface area contributed by atoms with Crippen molar-refractivity contribution in [2.24, 2.45) is 11.1 Å². The lowest BCUT2D eigenvalue weighted by molar-refractivity contribution is -0.135. The maximum Gasteiger partial charge on any atom is 0.236 e. The molecule has 1 aromatic heterocycles. The van der Waals surface area contributed by atoms with Gasteiger partial charge in [-0.15, -0.1) is 0 Å². The number of nitrogens with zero attached hydrogens (tertiary/aromatic N) is 2. The average molecular weight is 457 g/mol. The second kappa shape index (κ2) is 7.30. The lowest BCUT2D eigenvalue weighted by Gasteiger charge is -2.16. The maximum absolute atomic E-state index is 14.8. The fourth-order valence-electron chi connectivity index (χ4n) is 3.93. The molecular formula is C22H18ClFN4O4. The zero-order chi connectivity index (χ0) is 22.6. The number of primary amides is 1. The van der Waals surface area contributed by atoms with E-state index < -0.39 is 23.2 Å². The first-order valence-corrected chi connectivity index (χ1v) is 10.3. The predicted molar refractivity (Wildman–Crippen MR) is 112 cm³/mol. The highest BCUT2D eigenvalue weighted by atomic mass is 35.5. The molecule has 0 bridgehead atoms. The Labute approximate surface area is 186 Å². The van der Waals surface area contributed by atoms with Crippen LogP contribution in [0.5, 0.6) is 5.75 Å². The van der Waals surface area contributed by atoms with E-state index in [0.29, 0.717) is 35.6 Å². The van der Waals surface area contributed by atoms with E-state index >= 15 is 0 Å². The van der Waals surface area contributed by atoms with Gasteiger partial charge in [0.25, 0.3) is 0 Å².